The van der Waals surface area contributed by atoms with Crippen molar-refractivity contribution in [2.75, 3.05) is 13.1 Å². The van der Waals surface area contributed by atoms with Crippen LogP contribution in [0.3, 0.4) is 0 Å². The zero-order valence-electron chi connectivity index (χ0n) is 19.9. The van der Waals surface area contributed by atoms with Crippen molar-refractivity contribution in [3.63, 3.8) is 0 Å². The first kappa shape index (κ1) is 22.8. The van der Waals surface area contributed by atoms with Crippen LogP contribution in [-0.2, 0) is 11.2 Å². The van der Waals surface area contributed by atoms with E-state index in [2.05, 4.69) is 15.2 Å². The summed E-state index contributed by atoms with van der Waals surface area (Å²) < 4.78 is 16.6. The molecular formula is C27H26FN5O2S. The van der Waals surface area contributed by atoms with E-state index in [1.54, 1.807) is 17.4 Å². The number of likely N-dealkylation sites (tertiary alicyclic amines) is 1. The molecule has 7 nitrogen and oxygen atoms in total. The number of amides is 1. The Hall–Kier alpha value is -3.59. The summed E-state index contributed by atoms with van der Waals surface area (Å²) >= 11 is 1.61. The van der Waals surface area contributed by atoms with E-state index in [-0.39, 0.29) is 23.4 Å². The van der Waals surface area contributed by atoms with Gasteiger partial charge in [0.05, 0.1) is 16.4 Å². The maximum Gasteiger partial charge on any atom is 0.348 e. The summed E-state index contributed by atoms with van der Waals surface area (Å²) in [6.07, 6.45) is 3.34. The summed E-state index contributed by atoms with van der Waals surface area (Å²) in [4.78, 5) is 31.4. The van der Waals surface area contributed by atoms with Gasteiger partial charge in [-0.25, -0.2) is 23.8 Å². The summed E-state index contributed by atoms with van der Waals surface area (Å²) in [7, 11) is 0. The molecule has 0 spiro atoms. The number of nitrogens with zero attached hydrogens (tertiary/aromatic N) is 4. The van der Waals surface area contributed by atoms with E-state index in [0.717, 1.165) is 53.2 Å². The quantitative estimate of drug-likeness (QED) is 0.417. The predicted molar refractivity (Wildman–Crippen MR) is 137 cm³/mol. The lowest BCUT2D eigenvalue weighted by atomic mass is 10.0. The summed E-state index contributed by atoms with van der Waals surface area (Å²) in [5.74, 6) is 0.638. The first-order valence-electron chi connectivity index (χ1n) is 12.2. The van der Waals surface area contributed by atoms with E-state index >= 15 is 4.39 Å². The largest absolute Gasteiger partial charge is 0.348 e. The lowest BCUT2D eigenvalue weighted by Gasteiger charge is -2.16. The normalized spacial score (nSPS) is 17.6. The number of aromatic amines is 1. The molecule has 1 aliphatic heterocycles. The minimum atomic E-state index is -0.492. The highest BCUT2D eigenvalue weighted by Gasteiger charge is 2.37. The molecule has 2 aromatic heterocycles. The Kier molecular flexibility index (Phi) is 5.79. The van der Waals surface area contributed by atoms with Gasteiger partial charge in [-0.15, -0.1) is 11.3 Å². The number of benzene rings is 2. The molecule has 1 saturated heterocycles. The Morgan fingerprint density at radius 1 is 1.11 bits per heavy atom. The predicted octanol–water partition coefficient (Wildman–Crippen LogP) is 4.60. The Morgan fingerprint density at radius 2 is 1.86 bits per heavy atom. The average Bonchev–Trinajstić information content (AvgIpc) is 3.30. The summed E-state index contributed by atoms with van der Waals surface area (Å²) in [6, 6.07) is 12.7. The van der Waals surface area contributed by atoms with Gasteiger partial charge in [0.15, 0.2) is 0 Å². The summed E-state index contributed by atoms with van der Waals surface area (Å²) in [5.41, 5.74) is 3.25. The second-order valence-electron chi connectivity index (χ2n) is 9.69. The number of hydrogen-bond donors (Lipinski definition) is 1. The topological polar surface area (TPSA) is 83.9 Å². The number of aryl methyl sites for hydroxylation is 1. The van der Waals surface area contributed by atoms with E-state index in [9.17, 15) is 9.59 Å². The molecule has 3 heterocycles. The fourth-order valence-corrected chi connectivity index (χ4v) is 5.58. The fraction of sp³-hybridized carbons (Fsp3) is 0.333. The molecule has 1 aliphatic carbocycles. The molecular weight excluding hydrogens is 477 g/mol. The van der Waals surface area contributed by atoms with Gasteiger partial charge in [-0.05, 0) is 55.4 Å². The van der Waals surface area contributed by atoms with Gasteiger partial charge in [-0.1, -0.05) is 30.3 Å². The molecule has 2 fully saturated rings. The van der Waals surface area contributed by atoms with Gasteiger partial charge in [0.25, 0.3) is 0 Å². The number of halogens is 1. The van der Waals surface area contributed by atoms with Gasteiger partial charge in [-0.3, -0.25) is 4.79 Å². The van der Waals surface area contributed by atoms with Crippen molar-refractivity contribution in [3.8, 4) is 28.1 Å². The monoisotopic (exact) mass is 503 g/mol. The van der Waals surface area contributed by atoms with Crippen LogP contribution in [0.4, 0.5) is 4.39 Å². The van der Waals surface area contributed by atoms with Crippen molar-refractivity contribution < 1.29 is 9.18 Å². The zero-order chi connectivity index (χ0) is 24.8. The molecule has 36 heavy (non-hydrogen) atoms. The number of hydrogen-bond acceptors (Lipinski definition) is 5. The number of rotatable bonds is 6. The molecule has 0 radical (unpaired) electrons. The van der Waals surface area contributed by atoms with Crippen molar-refractivity contribution in [1.82, 2.24) is 24.6 Å². The van der Waals surface area contributed by atoms with E-state index < -0.39 is 11.5 Å². The van der Waals surface area contributed by atoms with Crippen LogP contribution < -0.4 is 5.69 Å². The zero-order valence-corrected chi connectivity index (χ0v) is 20.7. The third-order valence-electron chi connectivity index (χ3n) is 7.06. The number of H-pyrrole nitrogens is 1. The highest BCUT2D eigenvalue weighted by Crippen LogP contribution is 2.33. The second-order valence-corrected chi connectivity index (χ2v) is 10.8. The summed E-state index contributed by atoms with van der Waals surface area (Å²) in [5, 5.41) is 9.69. The Labute approximate surface area is 211 Å². The Balaban J connectivity index is 1.21. The summed E-state index contributed by atoms with van der Waals surface area (Å²) in [6.45, 7) is 3.37. The van der Waals surface area contributed by atoms with Crippen molar-refractivity contribution in [1.29, 1.82) is 0 Å². The number of thiazole rings is 1. The molecule has 9 heteroatoms. The number of aromatic nitrogens is 4. The van der Waals surface area contributed by atoms with E-state index in [1.807, 2.05) is 47.5 Å². The third-order valence-corrected chi connectivity index (χ3v) is 7.83. The molecule has 1 atom stereocenters. The molecule has 2 aliphatic rings. The van der Waals surface area contributed by atoms with Gasteiger partial charge < -0.3 is 4.90 Å². The van der Waals surface area contributed by atoms with Crippen LogP contribution in [0.5, 0.6) is 0 Å². The molecule has 6 rings (SSSR count). The highest BCUT2D eigenvalue weighted by atomic mass is 32.1. The van der Waals surface area contributed by atoms with Crippen LogP contribution in [0, 0.1) is 24.6 Å². The SMILES string of the molecule is Cc1nc(-c2ccc(-c3ccc(-n4c(C[C@@H]5CCN(C(=O)C6CC6)C5)n[nH]c4=O)c(F)c3)cc2)cs1. The standard InChI is InChI=1S/C27H26FN5O2S/c1-16-29-23(15-36-16)19-4-2-18(3-5-19)21-8-9-24(22(28)13-21)33-25(30-31-27(33)35)12-17-10-11-32(14-17)26(34)20-6-7-20/h2-5,8-9,13,15,17,20H,6-7,10-12,14H2,1H3,(H,31,35)/t17-/m0/s1. The van der Waals surface area contributed by atoms with E-state index in [1.165, 1.54) is 10.6 Å². The van der Waals surface area contributed by atoms with Crippen LogP contribution in [0.15, 0.2) is 52.6 Å². The van der Waals surface area contributed by atoms with Crippen LogP contribution in [0.1, 0.15) is 30.1 Å². The van der Waals surface area contributed by atoms with Gasteiger partial charge in [0.1, 0.15) is 11.6 Å². The van der Waals surface area contributed by atoms with E-state index in [4.69, 9.17) is 0 Å². The lowest BCUT2D eigenvalue weighted by Crippen LogP contribution is -2.30. The van der Waals surface area contributed by atoms with Crippen LogP contribution in [0.2, 0.25) is 0 Å². The van der Waals surface area contributed by atoms with Crippen molar-refractivity contribution in [2.24, 2.45) is 11.8 Å². The second kappa shape index (κ2) is 9.13. The van der Waals surface area contributed by atoms with Gasteiger partial charge in [0, 0.05) is 36.4 Å². The molecule has 0 bridgehead atoms. The van der Waals surface area contributed by atoms with Crippen molar-refractivity contribution in [2.45, 2.75) is 32.6 Å². The number of carbonyl (C=O) groups excluding carboxylic acids is 1. The van der Waals surface area contributed by atoms with Crippen LogP contribution in [0.25, 0.3) is 28.1 Å². The first-order valence-corrected chi connectivity index (χ1v) is 13.1. The molecule has 184 valence electrons. The van der Waals surface area contributed by atoms with Crippen LogP contribution >= 0.6 is 11.3 Å². The maximum atomic E-state index is 15.3. The third kappa shape index (κ3) is 4.39. The minimum Gasteiger partial charge on any atom is -0.342 e. The van der Waals surface area contributed by atoms with Gasteiger partial charge >= 0.3 is 5.69 Å². The molecule has 4 aromatic rings. The maximum absolute atomic E-state index is 15.3. The molecule has 1 saturated carbocycles. The minimum absolute atomic E-state index is 0.172. The molecule has 2 aromatic carbocycles. The average molecular weight is 504 g/mol. The molecule has 0 unspecified atom stereocenters. The Morgan fingerprint density at radius 3 is 2.56 bits per heavy atom. The van der Waals surface area contributed by atoms with Gasteiger partial charge in [-0.2, -0.15) is 5.10 Å². The Bertz CT molecular complexity index is 1480. The fourth-order valence-electron chi connectivity index (χ4n) is 4.96. The van der Waals surface area contributed by atoms with Crippen LogP contribution in [-0.4, -0.2) is 43.6 Å². The highest BCUT2D eigenvalue weighted by molar-refractivity contribution is 7.09. The van der Waals surface area contributed by atoms with Crippen molar-refractivity contribution in [3.05, 3.63) is 75.0 Å². The van der Waals surface area contributed by atoms with Crippen molar-refractivity contribution >= 4 is 17.2 Å². The molecule has 1 N–H and O–H groups in total. The number of nitrogens with one attached hydrogen (secondary N) is 1. The van der Waals surface area contributed by atoms with Gasteiger partial charge in [0.2, 0.25) is 5.91 Å². The lowest BCUT2D eigenvalue weighted by molar-refractivity contribution is -0.131. The number of carbonyl (C=O) groups is 1. The first-order chi connectivity index (χ1) is 17.5. The van der Waals surface area contributed by atoms with E-state index in [0.29, 0.717) is 18.8 Å². The smallest absolute Gasteiger partial charge is 0.342 e. The molecule has 1 amide bonds.